The van der Waals surface area contributed by atoms with Gasteiger partial charge in [0, 0.05) is 37.8 Å². The van der Waals surface area contributed by atoms with Crippen LogP contribution in [0, 0.1) is 5.41 Å². The van der Waals surface area contributed by atoms with Crippen molar-refractivity contribution in [2.75, 3.05) is 39.0 Å². The SMILES string of the molecule is CN1CCN(S(=O)(=O)c2ccc(SCC(=O)C(C)(C)C)nc2)CC1. The van der Waals surface area contributed by atoms with Gasteiger partial charge in [-0.1, -0.05) is 32.5 Å². The van der Waals surface area contributed by atoms with Gasteiger partial charge >= 0.3 is 0 Å². The lowest BCUT2D eigenvalue weighted by Gasteiger charge is -2.31. The van der Waals surface area contributed by atoms with E-state index in [9.17, 15) is 13.2 Å². The average Bonchev–Trinajstić information content (AvgIpc) is 2.52. The number of ketones is 1. The van der Waals surface area contributed by atoms with Crippen LogP contribution in [-0.2, 0) is 14.8 Å². The zero-order valence-electron chi connectivity index (χ0n) is 14.7. The van der Waals surface area contributed by atoms with Crippen molar-refractivity contribution in [3.63, 3.8) is 0 Å². The van der Waals surface area contributed by atoms with E-state index >= 15 is 0 Å². The van der Waals surface area contributed by atoms with E-state index in [2.05, 4.69) is 9.88 Å². The van der Waals surface area contributed by atoms with Gasteiger partial charge in [-0.15, -0.1) is 0 Å². The Kier molecular flexibility index (Phi) is 6.06. The zero-order chi connectivity index (χ0) is 18.0. The molecule has 0 aromatic carbocycles. The minimum absolute atomic E-state index is 0.142. The third-order valence-corrected chi connectivity index (χ3v) is 6.82. The zero-order valence-corrected chi connectivity index (χ0v) is 16.3. The quantitative estimate of drug-likeness (QED) is 0.734. The van der Waals surface area contributed by atoms with Gasteiger partial charge in [0.15, 0.2) is 0 Å². The molecule has 1 aromatic heterocycles. The number of hydrogen-bond acceptors (Lipinski definition) is 6. The van der Waals surface area contributed by atoms with Gasteiger partial charge < -0.3 is 4.90 Å². The van der Waals surface area contributed by atoms with E-state index in [1.165, 1.54) is 22.3 Å². The van der Waals surface area contributed by atoms with E-state index in [1.807, 2.05) is 27.8 Å². The molecular weight excluding hydrogens is 346 g/mol. The highest BCUT2D eigenvalue weighted by atomic mass is 32.2. The molecule has 6 nitrogen and oxygen atoms in total. The molecule has 0 atom stereocenters. The molecule has 2 heterocycles. The van der Waals surface area contributed by atoms with Crippen LogP contribution in [0.3, 0.4) is 0 Å². The van der Waals surface area contributed by atoms with Crippen LogP contribution >= 0.6 is 11.8 Å². The van der Waals surface area contributed by atoms with Gasteiger partial charge in [0.1, 0.15) is 10.7 Å². The lowest BCUT2D eigenvalue weighted by Crippen LogP contribution is -2.47. The van der Waals surface area contributed by atoms with Gasteiger partial charge in [-0.25, -0.2) is 13.4 Å². The number of piperazine rings is 1. The van der Waals surface area contributed by atoms with Gasteiger partial charge in [-0.2, -0.15) is 4.31 Å². The summed E-state index contributed by atoms with van der Waals surface area (Å²) in [6.45, 7) is 8.11. The molecule has 1 aliphatic rings. The molecule has 0 spiro atoms. The van der Waals surface area contributed by atoms with Crippen molar-refractivity contribution in [3.8, 4) is 0 Å². The van der Waals surface area contributed by atoms with Crippen molar-refractivity contribution >= 4 is 27.6 Å². The maximum atomic E-state index is 12.6. The number of carbonyl (C=O) groups is 1. The van der Waals surface area contributed by atoms with Crippen molar-refractivity contribution in [1.82, 2.24) is 14.2 Å². The van der Waals surface area contributed by atoms with Gasteiger partial charge in [-0.05, 0) is 19.2 Å². The molecule has 8 heteroatoms. The van der Waals surface area contributed by atoms with Crippen molar-refractivity contribution < 1.29 is 13.2 Å². The van der Waals surface area contributed by atoms with E-state index in [-0.39, 0.29) is 16.1 Å². The third kappa shape index (κ3) is 4.78. The Balaban J connectivity index is 2.02. The van der Waals surface area contributed by atoms with Gasteiger partial charge in [0.25, 0.3) is 0 Å². The summed E-state index contributed by atoms with van der Waals surface area (Å²) >= 11 is 1.33. The van der Waals surface area contributed by atoms with Crippen molar-refractivity contribution in [2.45, 2.75) is 30.7 Å². The summed E-state index contributed by atoms with van der Waals surface area (Å²) < 4.78 is 26.7. The van der Waals surface area contributed by atoms with E-state index in [0.29, 0.717) is 23.9 Å². The van der Waals surface area contributed by atoms with Crippen molar-refractivity contribution in [1.29, 1.82) is 0 Å². The Morgan fingerprint density at radius 2 is 1.83 bits per heavy atom. The van der Waals surface area contributed by atoms with Crippen LogP contribution in [0.15, 0.2) is 28.3 Å². The highest BCUT2D eigenvalue weighted by Crippen LogP contribution is 2.23. The number of Topliss-reactive ketones (excluding diaryl/α,β-unsaturated/α-hetero) is 1. The highest BCUT2D eigenvalue weighted by Gasteiger charge is 2.27. The summed E-state index contributed by atoms with van der Waals surface area (Å²) in [5, 5.41) is 0.657. The summed E-state index contributed by atoms with van der Waals surface area (Å²) in [6.07, 6.45) is 1.39. The summed E-state index contributed by atoms with van der Waals surface area (Å²) in [5.41, 5.74) is -0.377. The fourth-order valence-electron chi connectivity index (χ4n) is 2.14. The second kappa shape index (κ2) is 7.51. The first-order valence-corrected chi connectivity index (χ1v) is 10.3. The van der Waals surface area contributed by atoms with Gasteiger partial charge in [-0.3, -0.25) is 4.79 Å². The van der Waals surface area contributed by atoms with Crippen LogP contribution in [-0.4, -0.2) is 67.4 Å². The maximum Gasteiger partial charge on any atom is 0.244 e. The first-order chi connectivity index (χ1) is 11.1. The summed E-state index contributed by atoms with van der Waals surface area (Å²) in [4.78, 5) is 18.5. The molecule has 0 saturated carbocycles. The lowest BCUT2D eigenvalue weighted by atomic mass is 9.92. The molecule has 1 saturated heterocycles. The Labute approximate surface area is 148 Å². The Morgan fingerprint density at radius 3 is 2.33 bits per heavy atom. The number of aromatic nitrogens is 1. The minimum Gasteiger partial charge on any atom is -0.304 e. The number of pyridine rings is 1. The first-order valence-electron chi connectivity index (χ1n) is 7.91. The van der Waals surface area contributed by atoms with E-state index in [4.69, 9.17) is 0 Å². The summed E-state index contributed by atoms with van der Waals surface area (Å²) in [5.74, 6) is 0.476. The molecule has 0 unspecified atom stereocenters. The molecule has 0 amide bonds. The van der Waals surface area contributed by atoms with Crippen LogP contribution < -0.4 is 0 Å². The molecular formula is C16H25N3O3S2. The first kappa shape index (κ1) is 19.4. The number of nitrogens with zero attached hydrogens (tertiary/aromatic N) is 3. The Morgan fingerprint density at radius 1 is 1.21 bits per heavy atom. The number of likely N-dealkylation sites (N-methyl/N-ethyl adjacent to an activating group) is 1. The predicted octanol–water partition coefficient (Wildman–Crippen LogP) is 1.72. The fourth-order valence-corrected chi connectivity index (χ4v) is 4.51. The summed E-state index contributed by atoms with van der Waals surface area (Å²) in [6, 6.07) is 3.24. The fraction of sp³-hybridized carbons (Fsp3) is 0.625. The molecule has 134 valence electrons. The van der Waals surface area contributed by atoms with Crippen molar-refractivity contribution in [3.05, 3.63) is 18.3 Å². The molecule has 1 fully saturated rings. The van der Waals surface area contributed by atoms with E-state index < -0.39 is 10.0 Å². The van der Waals surface area contributed by atoms with Crippen LogP contribution in [0.25, 0.3) is 0 Å². The Hall–Kier alpha value is -0.960. The highest BCUT2D eigenvalue weighted by molar-refractivity contribution is 7.99. The number of rotatable bonds is 5. The minimum atomic E-state index is -3.49. The molecule has 24 heavy (non-hydrogen) atoms. The second-order valence-electron chi connectivity index (χ2n) is 7.00. The number of sulfonamides is 1. The molecule has 0 N–H and O–H groups in total. The van der Waals surface area contributed by atoms with Crippen LogP contribution in [0.1, 0.15) is 20.8 Å². The maximum absolute atomic E-state index is 12.6. The molecule has 1 aliphatic heterocycles. The lowest BCUT2D eigenvalue weighted by molar-refractivity contribution is -0.123. The van der Waals surface area contributed by atoms with E-state index in [1.54, 1.807) is 12.1 Å². The monoisotopic (exact) mass is 371 g/mol. The molecule has 0 aliphatic carbocycles. The topological polar surface area (TPSA) is 70.6 Å². The average molecular weight is 372 g/mol. The van der Waals surface area contributed by atoms with Gasteiger partial charge in [0.2, 0.25) is 10.0 Å². The van der Waals surface area contributed by atoms with Crippen LogP contribution in [0.2, 0.25) is 0 Å². The predicted molar refractivity (Wildman–Crippen MR) is 95.7 cm³/mol. The molecule has 0 bridgehead atoms. The van der Waals surface area contributed by atoms with Crippen molar-refractivity contribution in [2.24, 2.45) is 5.41 Å². The second-order valence-corrected chi connectivity index (χ2v) is 9.93. The molecule has 2 rings (SSSR count). The summed E-state index contributed by atoms with van der Waals surface area (Å²) in [7, 11) is -1.51. The largest absolute Gasteiger partial charge is 0.304 e. The number of carbonyl (C=O) groups excluding carboxylic acids is 1. The van der Waals surface area contributed by atoms with Crippen LogP contribution in [0.4, 0.5) is 0 Å². The normalized spacial score (nSPS) is 17.8. The number of hydrogen-bond donors (Lipinski definition) is 0. The van der Waals surface area contributed by atoms with Crippen LogP contribution in [0.5, 0.6) is 0 Å². The standard InChI is InChI=1S/C16H25N3O3S2/c1-16(2,3)14(20)12-23-15-6-5-13(11-17-15)24(21,22)19-9-7-18(4)8-10-19/h5-6,11H,7-10,12H2,1-4H3. The molecule has 0 radical (unpaired) electrons. The Bertz CT molecular complexity index is 674. The smallest absolute Gasteiger partial charge is 0.244 e. The number of thioether (sulfide) groups is 1. The van der Waals surface area contributed by atoms with E-state index in [0.717, 1.165) is 13.1 Å². The van der Waals surface area contributed by atoms with Gasteiger partial charge in [0.05, 0.1) is 10.8 Å². The third-order valence-electron chi connectivity index (χ3n) is 4.00. The molecule has 1 aromatic rings.